The van der Waals surface area contributed by atoms with Gasteiger partial charge in [-0.1, -0.05) is 0 Å². The highest BCUT2D eigenvalue weighted by Crippen LogP contribution is 2.32. The fraction of sp³-hybridized carbons (Fsp3) is 0.375. The van der Waals surface area contributed by atoms with E-state index in [4.69, 9.17) is 22.7 Å². The van der Waals surface area contributed by atoms with E-state index < -0.39 is 0 Å². The number of H-pyrrole nitrogens is 1. The molecule has 1 aromatic heterocycles. The Bertz CT molecular complexity index is 787. The van der Waals surface area contributed by atoms with Crippen molar-refractivity contribution in [2.24, 2.45) is 5.73 Å². The number of amides is 1. The number of hydrogen-bond acceptors (Lipinski definition) is 4. The van der Waals surface area contributed by atoms with Gasteiger partial charge in [0.15, 0.2) is 4.77 Å². The highest BCUT2D eigenvalue weighted by molar-refractivity contribution is 7.71. The van der Waals surface area contributed by atoms with Crippen LogP contribution in [0, 0.1) is 4.77 Å². The lowest BCUT2D eigenvalue weighted by molar-refractivity contribution is -0.114. The summed E-state index contributed by atoms with van der Waals surface area (Å²) in [5.74, 6) is 0.772. The van der Waals surface area contributed by atoms with E-state index in [1.165, 1.54) is 6.92 Å². The number of carbonyl (C=O) groups excluding carboxylic acids is 1. The topological polar surface area (TPSA) is 85.1 Å². The first-order valence-electron chi connectivity index (χ1n) is 7.60. The summed E-state index contributed by atoms with van der Waals surface area (Å²) in [6, 6.07) is 5.83. The highest BCUT2D eigenvalue weighted by Gasteiger charge is 2.24. The third-order valence-electron chi connectivity index (χ3n) is 3.92. The maximum Gasteiger partial charge on any atom is 0.221 e. The molecule has 130 valence electrons. The van der Waals surface area contributed by atoms with E-state index in [2.05, 4.69) is 14.9 Å². The SMILES string of the molecule is CC(=O)Nc1ccc2c(c1)C[C@@H](n1c(CCN)c[nH]c1=S)CO2.Cl. The standard InChI is InChI=1S/C16H20N4O2S.ClH/c1-10(21)19-12-2-3-15-11(6-12)7-14(9-22-15)20-13(4-5-17)8-18-16(20)23;/h2-3,6,8,14H,4-5,7,9,17H2,1H3,(H,18,23)(H,19,21);1H/t14-;/m1./s1. The van der Waals surface area contributed by atoms with E-state index in [-0.39, 0.29) is 24.4 Å². The van der Waals surface area contributed by atoms with Gasteiger partial charge >= 0.3 is 0 Å². The average Bonchev–Trinajstić information content (AvgIpc) is 2.87. The Labute approximate surface area is 151 Å². The van der Waals surface area contributed by atoms with E-state index in [9.17, 15) is 4.79 Å². The maximum atomic E-state index is 11.2. The van der Waals surface area contributed by atoms with Crippen LogP contribution in [0.15, 0.2) is 24.4 Å². The van der Waals surface area contributed by atoms with E-state index in [1.807, 2.05) is 24.4 Å². The number of ether oxygens (including phenoxy) is 1. The predicted molar refractivity (Wildman–Crippen MR) is 98.6 cm³/mol. The Balaban J connectivity index is 0.00000208. The zero-order chi connectivity index (χ0) is 16.4. The van der Waals surface area contributed by atoms with Crippen molar-refractivity contribution >= 4 is 36.2 Å². The number of carbonyl (C=O) groups is 1. The zero-order valence-electron chi connectivity index (χ0n) is 13.4. The van der Waals surface area contributed by atoms with Crippen LogP contribution in [0.25, 0.3) is 0 Å². The summed E-state index contributed by atoms with van der Waals surface area (Å²) in [5.41, 5.74) is 8.61. The molecule has 24 heavy (non-hydrogen) atoms. The molecule has 0 saturated heterocycles. The van der Waals surface area contributed by atoms with Crippen LogP contribution in [0.2, 0.25) is 0 Å². The number of halogens is 1. The highest BCUT2D eigenvalue weighted by atomic mass is 35.5. The second-order valence-electron chi connectivity index (χ2n) is 5.67. The van der Waals surface area contributed by atoms with Crippen molar-refractivity contribution in [1.29, 1.82) is 0 Å². The van der Waals surface area contributed by atoms with Crippen molar-refractivity contribution in [3.63, 3.8) is 0 Å². The Morgan fingerprint density at radius 1 is 1.54 bits per heavy atom. The molecule has 3 rings (SSSR count). The van der Waals surface area contributed by atoms with Crippen LogP contribution in [0.4, 0.5) is 5.69 Å². The van der Waals surface area contributed by atoms with Gasteiger partial charge in [0.25, 0.3) is 0 Å². The van der Waals surface area contributed by atoms with Crippen molar-refractivity contribution in [3.8, 4) is 5.75 Å². The van der Waals surface area contributed by atoms with Crippen LogP contribution in [-0.2, 0) is 17.6 Å². The molecule has 0 unspecified atom stereocenters. The Kier molecular flexibility index (Phi) is 6.04. The number of aromatic amines is 1. The molecule has 1 aliphatic heterocycles. The van der Waals surface area contributed by atoms with E-state index in [1.54, 1.807) is 0 Å². The van der Waals surface area contributed by atoms with Crippen LogP contribution in [0.3, 0.4) is 0 Å². The van der Waals surface area contributed by atoms with Crippen LogP contribution in [-0.4, -0.2) is 28.6 Å². The minimum absolute atomic E-state index is 0. The summed E-state index contributed by atoms with van der Waals surface area (Å²) in [5, 5.41) is 2.80. The van der Waals surface area contributed by atoms with Gasteiger partial charge in [-0.3, -0.25) is 4.79 Å². The molecule has 1 amide bonds. The third-order valence-corrected chi connectivity index (χ3v) is 4.24. The summed E-state index contributed by atoms with van der Waals surface area (Å²) in [6.45, 7) is 2.64. The molecule has 2 heterocycles. The fourth-order valence-electron chi connectivity index (χ4n) is 2.98. The zero-order valence-corrected chi connectivity index (χ0v) is 15.0. The van der Waals surface area contributed by atoms with Crippen molar-refractivity contribution in [2.75, 3.05) is 18.5 Å². The number of rotatable bonds is 4. The molecule has 2 aromatic rings. The Morgan fingerprint density at radius 2 is 2.33 bits per heavy atom. The van der Waals surface area contributed by atoms with Gasteiger partial charge in [-0.05, 0) is 42.5 Å². The molecule has 0 saturated carbocycles. The van der Waals surface area contributed by atoms with Crippen LogP contribution in [0.5, 0.6) is 5.75 Å². The van der Waals surface area contributed by atoms with Crippen molar-refractivity contribution in [3.05, 3.63) is 40.4 Å². The lowest BCUT2D eigenvalue weighted by atomic mass is 10.0. The van der Waals surface area contributed by atoms with E-state index in [0.29, 0.717) is 17.9 Å². The van der Waals surface area contributed by atoms with Gasteiger partial charge in [-0.15, -0.1) is 12.4 Å². The second kappa shape index (κ2) is 7.83. The summed E-state index contributed by atoms with van der Waals surface area (Å²) in [7, 11) is 0. The molecule has 6 nitrogen and oxygen atoms in total. The number of hydrogen-bond donors (Lipinski definition) is 3. The van der Waals surface area contributed by atoms with Crippen LogP contribution >= 0.6 is 24.6 Å². The lowest BCUT2D eigenvalue weighted by Crippen LogP contribution is -2.26. The molecule has 0 bridgehead atoms. The average molecular weight is 369 g/mol. The van der Waals surface area contributed by atoms with Crippen LogP contribution < -0.4 is 15.8 Å². The number of nitrogens with one attached hydrogen (secondary N) is 2. The van der Waals surface area contributed by atoms with Crippen molar-refractivity contribution in [2.45, 2.75) is 25.8 Å². The van der Waals surface area contributed by atoms with E-state index in [0.717, 1.165) is 35.5 Å². The molecule has 1 aliphatic rings. The number of anilines is 1. The Hall–Kier alpha value is -1.83. The lowest BCUT2D eigenvalue weighted by Gasteiger charge is -2.28. The molecule has 0 radical (unpaired) electrons. The molecular formula is C16H21ClN4O2S. The van der Waals surface area contributed by atoms with E-state index >= 15 is 0 Å². The van der Waals surface area contributed by atoms with Gasteiger partial charge < -0.3 is 25.3 Å². The van der Waals surface area contributed by atoms with Gasteiger partial charge in [-0.2, -0.15) is 0 Å². The molecule has 0 fully saturated rings. The summed E-state index contributed by atoms with van der Waals surface area (Å²) < 4.78 is 8.66. The largest absolute Gasteiger partial charge is 0.491 e. The molecule has 0 spiro atoms. The molecular weight excluding hydrogens is 348 g/mol. The smallest absolute Gasteiger partial charge is 0.221 e. The molecule has 1 atom stereocenters. The monoisotopic (exact) mass is 368 g/mol. The number of benzene rings is 1. The van der Waals surface area contributed by atoms with Crippen molar-refractivity contribution in [1.82, 2.24) is 9.55 Å². The predicted octanol–water partition coefficient (Wildman–Crippen LogP) is 2.60. The normalized spacial score (nSPS) is 15.8. The second-order valence-corrected chi connectivity index (χ2v) is 6.05. The summed E-state index contributed by atoms with van der Waals surface area (Å²) in [4.78, 5) is 14.3. The fourth-order valence-corrected chi connectivity index (χ4v) is 3.31. The minimum Gasteiger partial charge on any atom is -0.491 e. The number of imidazole rings is 1. The van der Waals surface area contributed by atoms with Gasteiger partial charge in [0.05, 0.1) is 6.04 Å². The Morgan fingerprint density at radius 3 is 3.04 bits per heavy atom. The minimum atomic E-state index is -0.0867. The number of nitrogens with zero attached hydrogens (tertiary/aromatic N) is 1. The molecule has 8 heteroatoms. The maximum absolute atomic E-state index is 11.2. The quantitative estimate of drug-likeness (QED) is 0.724. The van der Waals surface area contributed by atoms with Gasteiger partial charge in [0, 0.05) is 37.3 Å². The van der Waals surface area contributed by atoms with Gasteiger partial charge in [-0.25, -0.2) is 0 Å². The first-order chi connectivity index (χ1) is 11.1. The number of nitrogens with two attached hydrogens (primary N) is 1. The third kappa shape index (κ3) is 3.80. The first-order valence-corrected chi connectivity index (χ1v) is 8.01. The first kappa shape index (κ1) is 18.5. The molecule has 1 aromatic carbocycles. The van der Waals surface area contributed by atoms with Crippen LogP contribution in [0.1, 0.15) is 24.2 Å². The van der Waals surface area contributed by atoms with Gasteiger partial charge in [0.1, 0.15) is 12.4 Å². The number of fused-ring (bicyclic) bond motifs is 1. The van der Waals surface area contributed by atoms with Crippen molar-refractivity contribution < 1.29 is 9.53 Å². The summed E-state index contributed by atoms with van der Waals surface area (Å²) in [6.07, 6.45) is 3.48. The molecule has 4 N–H and O–H groups in total. The number of aromatic nitrogens is 2. The molecule has 0 aliphatic carbocycles. The van der Waals surface area contributed by atoms with Gasteiger partial charge in [0.2, 0.25) is 5.91 Å². The summed E-state index contributed by atoms with van der Waals surface area (Å²) >= 11 is 5.40.